The van der Waals surface area contributed by atoms with Crippen LogP contribution in [0.4, 0.5) is 28.9 Å². The Labute approximate surface area is 318 Å². The van der Waals surface area contributed by atoms with Crippen LogP contribution in [0.2, 0.25) is 0 Å². The van der Waals surface area contributed by atoms with Crippen molar-refractivity contribution < 1.29 is 45.4 Å². The second-order valence-corrected chi connectivity index (χ2v) is 17.4. The van der Waals surface area contributed by atoms with Gasteiger partial charge in [0.15, 0.2) is 23.3 Å². The van der Waals surface area contributed by atoms with E-state index in [1.165, 1.54) is 36.7 Å². The first kappa shape index (κ1) is 39.2. The standard InChI is InChI=1S/C39H38BrF4N3O6S/c1-20-17-45-12-11-27(20)32(40)31-33(41)35(43)37(36(44)34(31)42)46-54(51,52)19-30(48)47(28-10-7-23(38(49)50)16-29(28)53-26-8-9-26)18-21-13-24(22-5-6-22)15-25(14-21)39(2,3)4/h7,10-17,22,26,32,46H,5-6,8-9,18-19H2,1-4H3,(H,49,50). The molecular formula is C39H38BrF4N3O6S. The topological polar surface area (TPSA) is 126 Å². The maximum absolute atomic E-state index is 15.5. The van der Waals surface area contributed by atoms with Gasteiger partial charge in [-0.05, 0) is 96.0 Å². The van der Waals surface area contributed by atoms with Crippen LogP contribution >= 0.6 is 15.9 Å². The van der Waals surface area contributed by atoms with Crippen LogP contribution in [-0.4, -0.2) is 42.2 Å². The van der Waals surface area contributed by atoms with Crippen molar-refractivity contribution in [3.8, 4) is 5.75 Å². The van der Waals surface area contributed by atoms with E-state index in [4.69, 9.17) is 4.74 Å². The summed E-state index contributed by atoms with van der Waals surface area (Å²) in [6.07, 6.45) is 5.82. The molecule has 2 saturated carbocycles. The Morgan fingerprint density at radius 3 is 2.24 bits per heavy atom. The number of nitrogens with zero attached hydrogens (tertiary/aromatic N) is 2. The molecule has 2 aliphatic rings. The number of carboxylic acid groups (broad SMARTS) is 1. The zero-order valence-corrected chi connectivity index (χ0v) is 32.3. The second-order valence-electron chi connectivity index (χ2n) is 14.8. The van der Waals surface area contributed by atoms with E-state index in [0.29, 0.717) is 29.9 Å². The third-order valence-corrected chi connectivity index (χ3v) is 11.4. The second kappa shape index (κ2) is 15.0. The molecule has 2 N–H and O–H groups in total. The van der Waals surface area contributed by atoms with Gasteiger partial charge in [-0.1, -0.05) is 54.9 Å². The third kappa shape index (κ3) is 8.57. The Kier molecular flexibility index (Phi) is 10.9. The van der Waals surface area contributed by atoms with E-state index in [1.807, 2.05) is 32.9 Å². The normalized spacial score (nSPS) is 15.1. The SMILES string of the molecule is Cc1cnccc1C(Br)c1c(F)c(F)c(NS(=O)(=O)CC(=O)N(Cc2cc(C3CC3)cc(C(C)(C)C)c2)c2ccc(C(=O)O)cc2OC2CC2)c(F)c1F. The molecule has 286 valence electrons. The van der Waals surface area contributed by atoms with E-state index in [-0.39, 0.29) is 40.6 Å². The minimum Gasteiger partial charge on any atom is -0.488 e. The highest BCUT2D eigenvalue weighted by Crippen LogP contribution is 2.43. The lowest BCUT2D eigenvalue weighted by Gasteiger charge is -2.27. The molecule has 0 radical (unpaired) electrons. The first-order chi connectivity index (χ1) is 25.3. The number of anilines is 2. The number of aromatic carboxylic acids is 1. The maximum atomic E-state index is 15.5. The van der Waals surface area contributed by atoms with Gasteiger partial charge in [0, 0.05) is 18.0 Å². The Hall–Kier alpha value is -4.50. The highest BCUT2D eigenvalue weighted by molar-refractivity contribution is 9.09. The minimum absolute atomic E-state index is 0.0241. The van der Waals surface area contributed by atoms with Crippen LogP contribution in [0, 0.1) is 30.2 Å². The van der Waals surface area contributed by atoms with E-state index < -0.39 is 67.0 Å². The summed E-state index contributed by atoms with van der Waals surface area (Å²) in [6, 6.07) is 11.1. The number of hydrogen-bond donors (Lipinski definition) is 2. The number of aryl methyl sites for hydroxylation is 1. The monoisotopic (exact) mass is 831 g/mol. The Bertz CT molecular complexity index is 2230. The lowest BCUT2D eigenvalue weighted by atomic mass is 9.84. The van der Waals surface area contributed by atoms with Crippen molar-refractivity contribution >= 4 is 49.2 Å². The number of sulfonamides is 1. The van der Waals surface area contributed by atoms with Crippen LogP contribution in [0.1, 0.15) is 101 Å². The fourth-order valence-corrected chi connectivity index (χ4v) is 7.99. The fourth-order valence-electron chi connectivity index (χ4n) is 6.03. The minimum atomic E-state index is -5.05. The number of hydrogen-bond acceptors (Lipinski definition) is 6. The molecule has 0 spiro atoms. The van der Waals surface area contributed by atoms with Crippen molar-refractivity contribution in [3.63, 3.8) is 0 Å². The largest absolute Gasteiger partial charge is 0.488 e. The van der Waals surface area contributed by atoms with Crippen LogP contribution in [0.25, 0.3) is 0 Å². The molecule has 1 unspecified atom stereocenters. The number of carbonyl (C=O) groups is 2. The highest BCUT2D eigenvalue weighted by Gasteiger charge is 2.35. The van der Waals surface area contributed by atoms with Crippen LogP contribution in [0.15, 0.2) is 54.9 Å². The van der Waals surface area contributed by atoms with E-state index in [9.17, 15) is 23.1 Å². The predicted molar refractivity (Wildman–Crippen MR) is 199 cm³/mol. The van der Waals surface area contributed by atoms with Crippen molar-refractivity contribution in [3.05, 3.63) is 117 Å². The van der Waals surface area contributed by atoms with E-state index >= 15 is 17.6 Å². The molecular weight excluding hydrogens is 794 g/mol. The molecule has 54 heavy (non-hydrogen) atoms. The summed E-state index contributed by atoms with van der Waals surface area (Å²) in [5.41, 5.74) is 0.387. The Morgan fingerprint density at radius 1 is 1.00 bits per heavy atom. The van der Waals surface area contributed by atoms with Gasteiger partial charge in [0.25, 0.3) is 0 Å². The van der Waals surface area contributed by atoms with E-state index in [1.54, 1.807) is 11.6 Å². The number of alkyl halides is 1. The number of aromatic nitrogens is 1. The molecule has 4 aromatic rings. The fraction of sp³-hybridized carbons (Fsp3) is 0.359. The average molecular weight is 833 g/mol. The van der Waals surface area contributed by atoms with Gasteiger partial charge in [-0.15, -0.1) is 0 Å². The Morgan fingerprint density at radius 2 is 1.67 bits per heavy atom. The molecule has 2 aliphatic carbocycles. The number of benzene rings is 3. The lowest BCUT2D eigenvalue weighted by Crippen LogP contribution is -2.38. The molecule has 0 bridgehead atoms. The molecule has 1 heterocycles. The molecule has 0 saturated heterocycles. The van der Waals surface area contributed by atoms with E-state index in [0.717, 1.165) is 28.9 Å². The molecule has 1 atom stereocenters. The molecule has 15 heteroatoms. The van der Waals surface area contributed by atoms with Gasteiger partial charge >= 0.3 is 5.97 Å². The molecule has 6 rings (SSSR count). The highest BCUT2D eigenvalue weighted by atomic mass is 79.9. The summed E-state index contributed by atoms with van der Waals surface area (Å²) < 4.78 is 96.5. The van der Waals surface area contributed by atoms with Gasteiger partial charge in [-0.3, -0.25) is 14.5 Å². The van der Waals surface area contributed by atoms with Gasteiger partial charge in [0.2, 0.25) is 15.9 Å². The van der Waals surface area contributed by atoms with Crippen molar-refractivity contribution in [1.82, 2.24) is 4.98 Å². The molecule has 9 nitrogen and oxygen atoms in total. The summed E-state index contributed by atoms with van der Waals surface area (Å²) in [7, 11) is -5.05. The average Bonchev–Trinajstić information content (AvgIpc) is 4.04. The van der Waals surface area contributed by atoms with Gasteiger partial charge in [0.05, 0.1) is 28.7 Å². The number of rotatable bonds is 13. The van der Waals surface area contributed by atoms with Crippen LogP contribution in [0.3, 0.4) is 0 Å². The third-order valence-electron chi connectivity index (χ3n) is 9.35. The zero-order chi connectivity index (χ0) is 39.3. The van der Waals surface area contributed by atoms with Gasteiger partial charge in [-0.2, -0.15) is 0 Å². The van der Waals surface area contributed by atoms with Crippen molar-refractivity contribution in [2.24, 2.45) is 0 Å². The number of amides is 1. The van der Waals surface area contributed by atoms with Crippen molar-refractivity contribution in [2.75, 3.05) is 15.4 Å². The summed E-state index contributed by atoms with van der Waals surface area (Å²) in [4.78, 5) is 29.7. The maximum Gasteiger partial charge on any atom is 0.335 e. The van der Waals surface area contributed by atoms with Crippen LogP contribution in [-0.2, 0) is 26.8 Å². The molecule has 1 aromatic heterocycles. The predicted octanol–water partition coefficient (Wildman–Crippen LogP) is 8.82. The lowest BCUT2D eigenvalue weighted by molar-refractivity contribution is -0.116. The van der Waals surface area contributed by atoms with Gasteiger partial charge in [-0.25, -0.2) is 30.8 Å². The number of ether oxygens (including phenoxy) is 1. The van der Waals surface area contributed by atoms with Gasteiger partial charge in [0.1, 0.15) is 17.2 Å². The quantitative estimate of drug-likeness (QED) is 0.0784. The van der Waals surface area contributed by atoms with Crippen LogP contribution < -0.4 is 14.4 Å². The van der Waals surface area contributed by atoms with Crippen molar-refractivity contribution in [1.29, 1.82) is 0 Å². The molecule has 2 fully saturated rings. The van der Waals surface area contributed by atoms with Crippen LogP contribution in [0.5, 0.6) is 5.75 Å². The summed E-state index contributed by atoms with van der Waals surface area (Å²) in [6.45, 7) is 7.49. The number of carboxylic acids is 1. The van der Waals surface area contributed by atoms with Crippen molar-refractivity contribution in [2.45, 2.75) is 82.2 Å². The number of carbonyl (C=O) groups excluding carboxylic acids is 1. The number of nitrogens with one attached hydrogen (secondary N) is 1. The van der Waals surface area contributed by atoms with Gasteiger partial charge < -0.3 is 14.7 Å². The molecule has 1 amide bonds. The summed E-state index contributed by atoms with van der Waals surface area (Å²) >= 11 is 3.09. The number of pyridine rings is 1. The zero-order valence-electron chi connectivity index (χ0n) is 29.9. The first-order valence-electron chi connectivity index (χ1n) is 17.2. The first-order valence-corrected chi connectivity index (χ1v) is 19.8. The number of halogens is 5. The summed E-state index contributed by atoms with van der Waals surface area (Å²) in [5, 5.41) is 9.68. The molecule has 0 aliphatic heterocycles. The summed E-state index contributed by atoms with van der Waals surface area (Å²) in [5.74, 6) is -11.1. The smallest absolute Gasteiger partial charge is 0.335 e. The molecule has 3 aromatic carbocycles. The van der Waals surface area contributed by atoms with E-state index in [2.05, 4.69) is 27.0 Å². The Balaban J connectivity index is 1.37.